The minimum atomic E-state index is -0.470. The van der Waals surface area contributed by atoms with E-state index in [1.54, 1.807) is 6.07 Å². The lowest BCUT2D eigenvalue weighted by molar-refractivity contribution is 0.103. The van der Waals surface area contributed by atoms with E-state index in [-0.39, 0.29) is 20.1 Å². The first-order valence-electron chi connectivity index (χ1n) is 5.47. The van der Waals surface area contributed by atoms with Crippen LogP contribution in [0.4, 0.5) is 4.39 Å². The molecule has 1 nitrogen and oxygen atoms in total. The van der Waals surface area contributed by atoms with Crippen molar-refractivity contribution in [1.29, 1.82) is 0 Å². The Kier molecular flexibility index (Phi) is 5.40. The standard InChI is InChI=1S/C14H7Br3ClFO/c15-11-5-7(14(16)17)1-3-9(11)13(20)10-4-2-8(19)6-12(10)18/h1-6,14H. The highest BCUT2D eigenvalue weighted by Gasteiger charge is 2.17. The molecule has 2 aromatic carbocycles. The molecule has 0 unspecified atom stereocenters. The quantitative estimate of drug-likeness (QED) is 0.371. The molecule has 0 saturated carbocycles. The van der Waals surface area contributed by atoms with E-state index in [0.717, 1.165) is 11.6 Å². The Bertz CT molecular complexity index is 673. The molecular weight excluding hydrogens is 478 g/mol. The van der Waals surface area contributed by atoms with Gasteiger partial charge in [0.1, 0.15) is 5.82 Å². The SMILES string of the molecule is O=C(c1ccc(F)cc1Cl)c1ccc(C(Br)Br)cc1Br. The van der Waals surface area contributed by atoms with Gasteiger partial charge in [0.2, 0.25) is 0 Å². The minimum absolute atomic E-state index is 0.00450. The van der Waals surface area contributed by atoms with E-state index in [1.165, 1.54) is 12.1 Å². The summed E-state index contributed by atoms with van der Waals surface area (Å²) in [5, 5.41) is 0.102. The summed E-state index contributed by atoms with van der Waals surface area (Å²) in [5.41, 5.74) is 1.72. The van der Waals surface area contributed by atoms with Gasteiger partial charge >= 0.3 is 0 Å². The average Bonchev–Trinajstić information content (AvgIpc) is 2.37. The molecule has 0 N–H and O–H groups in total. The molecule has 0 aromatic heterocycles. The smallest absolute Gasteiger partial charge is 0.195 e. The third kappa shape index (κ3) is 3.50. The fraction of sp³-hybridized carbons (Fsp3) is 0.0714. The molecule has 0 saturated heterocycles. The molecule has 6 heteroatoms. The summed E-state index contributed by atoms with van der Waals surface area (Å²) in [6, 6.07) is 9.09. The number of alkyl halides is 2. The van der Waals surface area contributed by atoms with Crippen molar-refractivity contribution in [2.45, 2.75) is 3.74 Å². The van der Waals surface area contributed by atoms with Gasteiger partial charge in [0.15, 0.2) is 5.78 Å². The first-order valence-corrected chi connectivity index (χ1v) is 8.47. The molecule has 20 heavy (non-hydrogen) atoms. The van der Waals surface area contributed by atoms with E-state index in [2.05, 4.69) is 47.8 Å². The number of benzene rings is 2. The Morgan fingerprint density at radius 2 is 1.75 bits per heavy atom. The predicted octanol–water partition coefficient (Wildman–Crippen LogP) is 6.26. The first-order chi connectivity index (χ1) is 9.40. The van der Waals surface area contributed by atoms with Crippen molar-refractivity contribution in [2.24, 2.45) is 0 Å². The number of ketones is 1. The van der Waals surface area contributed by atoms with E-state index in [0.29, 0.717) is 10.0 Å². The zero-order chi connectivity index (χ0) is 14.9. The second-order valence-electron chi connectivity index (χ2n) is 3.99. The van der Waals surface area contributed by atoms with Crippen molar-refractivity contribution in [1.82, 2.24) is 0 Å². The van der Waals surface area contributed by atoms with Crippen LogP contribution in [0.15, 0.2) is 40.9 Å². The van der Waals surface area contributed by atoms with Gasteiger partial charge in [-0.15, -0.1) is 0 Å². The summed E-state index contributed by atoms with van der Waals surface area (Å²) in [5.74, 6) is -0.725. The van der Waals surface area contributed by atoms with Gasteiger partial charge in [-0.1, -0.05) is 65.5 Å². The molecule has 2 rings (SSSR count). The Labute approximate surface area is 145 Å². The van der Waals surface area contributed by atoms with Gasteiger partial charge in [0, 0.05) is 15.6 Å². The van der Waals surface area contributed by atoms with Gasteiger partial charge in [-0.2, -0.15) is 0 Å². The van der Waals surface area contributed by atoms with E-state index >= 15 is 0 Å². The Morgan fingerprint density at radius 3 is 2.30 bits per heavy atom. The minimum Gasteiger partial charge on any atom is -0.289 e. The molecule has 0 atom stereocenters. The Morgan fingerprint density at radius 1 is 1.10 bits per heavy atom. The van der Waals surface area contributed by atoms with Gasteiger partial charge in [-0.05, 0) is 35.9 Å². The second kappa shape index (κ2) is 6.69. The molecular formula is C14H7Br3ClFO. The number of carbonyl (C=O) groups is 1. The molecule has 0 bridgehead atoms. The summed E-state index contributed by atoms with van der Waals surface area (Å²) in [6.45, 7) is 0. The van der Waals surface area contributed by atoms with Gasteiger partial charge < -0.3 is 0 Å². The van der Waals surface area contributed by atoms with Gasteiger partial charge in [0.05, 0.1) is 8.76 Å². The van der Waals surface area contributed by atoms with E-state index in [9.17, 15) is 9.18 Å². The van der Waals surface area contributed by atoms with Crippen molar-refractivity contribution >= 4 is 65.2 Å². The number of hydrogen-bond donors (Lipinski definition) is 0. The van der Waals surface area contributed by atoms with Gasteiger partial charge in [0.25, 0.3) is 0 Å². The molecule has 2 aromatic rings. The highest BCUT2D eigenvalue weighted by Crippen LogP contribution is 2.33. The second-order valence-corrected chi connectivity index (χ2v) is 8.31. The monoisotopic (exact) mass is 482 g/mol. The highest BCUT2D eigenvalue weighted by molar-refractivity contribution is 9.24. The van der Waals surface area contributed by atoms with Crippen LogP contribution in [0.3, 0.4) is 0 Å². The third-order valence-electron chi connectivity index (χ3n) is 2.67. The first kappa shape index (κ1) is 16.1. The van der Waals surface area contributed by atoms with Crippen LogP contribution in [-0.4, -0.2) is 5.78 Å². The van der Waals surface area contributed by atoms with Crippen molar-refractivity contribution in [3.8, 4) is 0 Å². The van der Waals surface area contributed by atoms with Crippen molar-refractivity contribution in [3.05, 3.63) is 68.4 Å². The van der Waals surface area contributed by atoms with Crippen LogP contribution in [0.2, 0.25) is 5.02 Å². The van der Waals surface area contributed by atoms with E-state index in [4.69, 9.17) is 11.6 Å². The average molecular weight is 485 g/mol. The lowest BCUT2D eigenvalue weighted by atomic mass is 10.0. The summed E-state index contributed by atoms with van der Waals surface area (Å²) in [7, 11) is 0. The van der Waals surface area contributed by atoms with Crippen molar-refractivity contribution in [3.63, 3.8) is 0 Å². The lowest BCUT2D eigenvalue weighted by Crippen LogP contribution is -2.04. The Balaban J connectivity index is 2.43. The number of carbonyl (C=O) groups excluding carboxylic acids is 1. The van der Waals surface area contributed by atoms with Crippen LogP contribution in [0.5, 0.6) is 0 Å². The molecule has 0 heterocycles. The molecule has 0 aliphatic heterocycles. The maximum atomic E-state index is 13.0. The highest BCUT2D eigenvalue weighted by atomic mass is 79.9. The maximum Gasteiger partial charge on any atom is 0.195 e. The fourth-order valence-corrected chi connectivity index (χ4v) is 3.07. The predicted molar refractivity (Wildman–Crippen MR) is 89.6 cm³/mol. The van der Waals surface area contributed by atoms with Crippen LogP contribution in [-0.2, 0) is 0 Å². The molecule has 104 valence electrons. The van der Waals surface area contributed by atoms with E-state index < -0.39 is 5.82 Å². The van der Waals surface area contributed by atoms with Crippen molar-refractivity contribution < 1.29 is 9.18 Å². The topological polar surface area (TPSA) is 17.1 Å². The van der Waals surface area contributed by atoms with Crippen LogP contribution in [0.1, 0.15) is 25.2 Å². The van der Waals surface area contributed by atoms with Crippen LogP contribution >= 0.6 is 59.4 Å². The summed E-state index contributed by atoms with van der Waals surface area (Å²) in [4.78, 5) is 12.4. The van der Waals surface area contributed by atoms with Gasteiger partial charge in [-0.3, -0.25) is 4.79 Å². The molecule has 0 radical (unpaired) electrons. The largest absolute Gasteiger partial charge is 0.289 e. The fourth-order valence-electron chi connectivity index (χ4n) is 1.67. The van der Waals surface area contributed by atoms with Crippen LogP contribution in [0, 0.1) is 5.82 Å². The van der Waals surface area contributed by atoms with Crippen LogP contribution < -0.4 is 0 Å². The molecule has 0 fully saturated rings. The van der Waals surface area contributed by atoms with Gasteiger partial charge in [-0.25, -0.2) is 4.39 Å². The Hall–Kier alpha value is -0.230. The maximum absolute atomic E-state index is 13.0. The normalized spacial score (nSPS) is 10.9. The number of hydrogen-bond acceptors (Lipinski definition) is 1. The summed E-state index contributed by atoms with van der Waals surface area (Å²) in [6.07, 6.45) is 0. The lowest BCUT2D eigenvalue weighted by Gasteiger charge is -2.09. The third-order valence-corrected chi connectivity index (χ3v) is 4.69. The zero-order valence-electron chi connectivity index (χ0n) is 9.84. The molecule has 0 spiro atoms. The molecule has 0 aliphatic rings. The van der Waals surface area contributed by atoms with E-state index in [1.807, 2.05) is 12.1 Å². The number of rotatable bonds is 3. The van der Waals surface area contributed by atoms with Crippen LogP contribution in [0.25, 0.3) is 0 Å². The molecule has 0 aliphatic carbocycles. The molecule has 0 amide bonds. The van der Waals surface area contributed by atoms with Crippen molar-refractivity contribution in [2.75, 3.05) is 0 Å². The number of halogens is 5. The zero-order valence-corrected chi connectivity index (χ0v) is 15.4. The summed E-state index contributed by atoms with van der Waals surface area (Å²) >= 11 is 16.1. The summed E-state index contributed by atoms with van der Waals surface area (Å²) < 4.78 is 13.7.